The lowest BCUT2D eigenvalue weighted by Crippen LogP contribution is -2.22. The van der Waals surface area contributed by atoms with E-state index in [-0.39, 0.29) is 21.8 Å². The van der Waals surface area contributed by atoms with Gasteiger partial charge >= 0.3 is 11.5 Å². The molecule has 0 bridgehead atoms. The molecule has 1 saturated heterocycles. The van der Waals surface area contributed by atoms with E-state index in [9.17, 15) is 9.59 Å². The zero-order valence-corrected chi connectivity index (χ0v) is 16.4. The normalized spacial score (nSPS) is 15.6. The number of nitrogens with zero attached hydrogens (tertiary/aromatic N) is 3. The summed E-state index contributed by atoms with van der Waals surface area (Å²) < 4.78 is 10.2. The van der Waals surface area contributed by atoms with Gasteiger partial charge in [-0.1, -0.05) is 0 Å². The Balaban J connectivity index is 2.25. The summed E-state index contributed by atoms with van der Waals surface area (Å²) in [6, 6.07) is 1.43. The van der Waals surface area contributed by atoms with Crippen molar-refractivity contribution in [2.45, 2.75) is 19.8 Å². The molecule has 1 amide bonds. The van der Waals surface area contributed by atoms with Crippen LogP contribution in [0.5, 0.6) is 5.75 Å². The molecule has 1 aromatic rings. The van der Waals surface area contributed by atoms with Crippen molar-refractivity contribution in [3.63, 3.8) is 0 Å². The molecule has 0 aliphatic carbocycles. The lowest BCUT2D eigenvalue weighted by molar-refractivity contribution is 0.0971. The van der Waals surface area contributed by atoms with Crippen molar-refractivity contribution < 1.29 is 13.9 Å². The van der Waals surface area contributed by atoms with Crippen molar-refractivity contribution >= 4 is 39.9 Å². The summed E-state index contributed by atoms with van der Waals surface area (Å²) in [4.78, 5) is 34.2. The van der Waals surface area contributed by atoms with E-state index in [0.29, 0.717) is 11.4 Å². The molecule has 0 saturated carbocycles. The Labute approximate surface area is 165 Å². The van der Waals surface area contributed by atoms with Crippen molar-refractivity contribution in [2.24, 2.45) is 21.5 Å². The smallest absolute Gasteiger partial charge is 0.381 e. The van der Waals surface area contributed by atoms with Crippen LogP contribution in [0.3, 0.4) is 0 Å². The lowest BCUT2D eigenvalue weighted by atomic mass is 10.3. The fourth-order valence-corrected chi connectivity index (χ4v) is 3.13. The number of amidine groups is 2. The number of nitrogens with two attached hydrogens (primary N) is 2. The zero-order chi connectivity index (χ0) is 20.7. The van der Waals surface area contributed by atoms with Crippen molar-refractivity contribution in [2.75, 3.05) is 25.1 Å². The van der Waals surface area contributed by atoms with Gasteiger partial charge in [-0.2, -0.15) is 4.99 Å². The third kappa shape index (κ3) is 5.46. The fourth-order valence-electron chi connectivity index (χ4n) is 2.60. The van der Waals surface area contributed by atoms with Gasteiger partial charge in [0.1, 0.15) is 0 Å². The van der Waals surface area contributed by atoms with E-state index in [1.807, 2.05) is 4.90 Å². The molecule has 0 unspecified atom stereocenters. The van der Waals surface area contributed by atoms with Gasteiger partial charge in [0.05, 0.1) is 12.8 Å². The second-order valence-corrected chi connectivity index (χ2v) is 6.83. The first-order chi connectivity index (χ1) is 13.3. The van der Waals surface area contributed by atoms with Gasteiger partial charge in [0.2, 0.25) is 11.5 Å². The Hall–Kier alpha value is -3.08. The van der Waals surface area contributed by atoms with Crippen LogP contribution in [0.25, 0.3) is 0 Å². The number of hydrogen-bond donors (Lipinski definition) is 3. The van der Waals surface area contributed by atoms with Crippen LogP contribution in [-0.4, -0.2) is 42.7 Å². The quantitative estimate of drug-likeness (QED) is 0.487. The molecule has 1 aliphatic rings. The summed E-state index contributed by atoms with van der Waals surface area (Å²) in [6.07, 6.45) is 4.48. The molecule has 2 rings (SSSR count). The predicted molar refractivity (Wildman–Crippen MR) is 111 cm³/mol. The van der Waals surface area contributed by atoms with Crippen LogP contribution in [0, 0.1) is 5.41 Å². The van der Waals surface area contributed by atoms with Crippen LogP contribution >= 0.6 is 11.8 Å². The number of aliphatic imine (C=N–C) groups is 2. The van der Waals surface area contributed by atoms with Gasteiger partial charge < -0.3 is 30.9 Å². The highest BCUT2D eigenvalue weighted by molar-refractivity contribution is 8.26. The van der Waals surface area contributed by atoms with E-state index < -0.39 is 11.5 Å². The molecule has 0 radical (unpaired) electrons. The van der Waals surface area contributed by atoms with Crippen LogP contribution in [0.1, 0.15) is 30.3 Å². The van der Waals surface area contributed by atoms with Gasteiger partial charge in [-0.3, -0.25) is 4.79 Å². The monoisotopic (exact) mass is 406 g/mol. The van der Waals surface area contributed by atoms with E-state index >= 15 is 0 Å². The second kappa shape index (κ2) is 9.74. The molecule has 1 fully saturated rings. The maximum Gasteiger partial charge on any atom is 0.381 e. The number of anilines is 1. The van der Waals surface area contributed by atoms with E-state index in [0.717, 1.165) is 43.9 Å². The number of methoxy groups -OCH3 is 1. The van der Waals surface area contributed by atoms with Crippen LogP contribution in [0.2, 0.25) is 0 Å². The Kier molecular flexibility index (Phi) is 7.38. The minimum Gasteiger partial charge on any atom is -0.488 e. The highest BCUT2D eigenvalue weighted by atomic mass is 32.2. The lowest BCUT2D eigenvalue weighted by Gasteiger charge is -2.19. The maximum absolute atomic E-state index is 12.4. The first-order valence-corrected chi connectivity index (χ1v) is 9.22. The van der Waals surface area contributed by atoms with Gasteiger partial charge in [0.25, 0.3) is 0 Å². The SMILES string of the molecule is COc1c(N2CCCC2)cc(C(=O)N=C(N)SC(N)=N/C(C)=C\C=N)oc1=O. The van der Waals surface area contributed by atoms with E-state index in [4.69, 9.17) is 26.0 Å². The average molecular weight is 406 g/mol. The van der Waals surface area contributed by atoms with Crippen LogP contribution in [0.4, 0.5) is 5.69 Å². The zero-order valence-electron chi connectivity index (χ0n) is 15.6. The molecule has 5 N–H and O–H groups in total. The van der Waals surface area contributed by atoms with Gasteiger partial charge in [-0.25, -0.2) is 9.79 Å². The summed E-state index contributed by atoms with van der Waals surface area (Å²) in [5.41, 5.74) is 11.7. The number of hydrogen-bond acceptors (Lipinski definition) is 8. The Morgan fingerprint density at radius 2 is 1.96 bits per heavy atom. The first-order valence-electron chi connectivity index (χ1n) is 8.40. The molecule has 0 spiro atoms. The van der Waals surface area contributed by atoms with Gasteiger partial charge in [0.15, 0.2) is 10.3 Å². The largest absolute Gasteiger partial charge is 0.488 e. The molecular weight excluding hydrogens is 384 g/mol. The van der Waals surface area contributed by atoms with Gasteiger partial charge in [0, 0.05) is 31.1 Å². The molecule has 0 atom stereocenters. The summed E-state index contributed by atoms with van der Waals surface area (Å²) in [7, 11) is 1.37. The molecule has 1 aromatic heterocycles. The maximum atomic E-state index is 12.4. The topological polar surface area (TPSA) is 160 Å². The second-order valence-electron chi connectivity index (χ2n) is 5.79. The number of ether oxygens (including phenoxy) is 1. The first kappa shape index (κ1) is 21.2. The highest BCUT2D eigenvalue weighted by Gasteiger charge is 2.23. The van der Waals surface area contributed by atoms with Crippen LogP contribution in [0.15, 0.2) is 37.0 Å². The van der Waals surface area contributed by atoms with E-state index in [1.54, 1.807) is 6.92 Å². The number of rotatable bonds is 5. The van der Waals surface area contributed by atoms with Gasteiger partial charge in [-0.15, -0.1) is 0 Å². The minimum absolute atomic E-state index is 0.0506. The number of nitrogens with one attached hydrogen (secondary N) is 1. The van der Waals surface area contributed by atoms with Crippen LogP contribution < -0.4 is 26.7 Å². The summed E-state index contributed by atoms with van der Waals surface area (Å²) in [5.74, 6) is -1.01. The van der Waals surface area contributed by atoms with Crippen molar-refractivity contribution in [3.05, 3.63) is 34.0 Å². The van der Waals surface area contributed by atoms with E-state index in [2.05, 4.69) is 9.98 Å². The molecule has 28 heavy (non-hydrogen) atoms. The third-order valence-electron chi connectivity index (χ3n) is 3.78. The molecule has 1 aliphatic heterocycles. The number of thioether (sulfide) groups is 1. The van der Waals surface area contributed by atoms with Crippen molar-refractivity contribution in [1.29, 1.82) is 5.41 Å². The molecular formula is C17H22N6O4S. The standard InChI is InChI=1S/C17H22N6O4S/c1-10(5-6-18)21-16(19)28-17(20)22-14(24)12-9-11(23-7-3-4-8-23)13(26-2)15(25)27-12/h5-6,9,18H,3-4,7-8H2,1-2H3,(H2,19,21)(H2,20,22,24)/b10-5-,18-6?. The molecule has 0 aromatic carbocycles. The number of allylic oxidation sites excluding steroid dienone is 2. The highest BCUT2D eigenvalue weighted by Crippen LogP contribution is 2.29. The molecule has 10 nitrogen and oxygen atoms in total. The van der Waals surface area contributed by atoms with Crippen LogP contribution in [-0.2, 0) is 0 Å². The van der Waals surface area contributed by atoms with E-state index in [1.165, 1.54) is 19.3 Å². The number of amides is 1. The molecule has 2 heterocycles. The summed E-state index contributed by atoms with van der Waals surface area (Å²) >= 11 is 0.782. The average Bonchev–Trinajstić information content (AvgIpc) is 3.15. The Morgan fingerprint density at radius 3 is 2.57 bits per heavy atom. The predicted octanol–water partition coefficient (Wildman–Crippen LogP) is 1.30. The molecule has 150 valence electrons. The Bertz CT molecular complexity index is 899. The summed E-state index contributed by atoms with van der Waals surface area (Å²) in [6.45, 7) is 3.16. The Morgan fingerprint density at radius 1 is 1.32 bits per heavy atom. The van der Waals surface area contributed by atoms with Crippen molar-refractivity contribution in [3.8, 4) is 5.75 Å². The van der Waals surface area contributed by atoms with Gasteiger partial charge in [-0.05, 0) is 37.6 Å². The number of carbonyl (C=O) groups is 1. The minimum atomic E-state index is -0.815. The summed E-state index contributed by atoms with van der Waals surface area (Å²) in [5, 5.41) is 6.87. The fraction of sp³-hybridized carbons (Fsp3) is 0.353. The number of carbonyl (C=O) groups excluding carboxylic acids is 1. The third-order valence-corrected chi connectivity index (χ3v) is 4.38. The van der Waals surface area contributed by atoms with Crippen molar-refractivity contribution in [1.82, 2.24) is 0 Å². The molecule has 11 heteroatoms.